The molecule has 0 atom stereocenters. The first-order valence-electron chi connectivity index (χ1n) is 7.61. The molecule has 0 aliphatic heterocycles. The zero-order chi connectivity index (χ0) is 14.8. The Kier molecular flexibility index (Phi) is 6.53. The Morgan fingerprint density at radius 2 is 1.52 bits per heavy atom. The van der Waals surface area contributed by atoms with Crippen molar-refractivity contribution < 1.29 is 9.53 Å². The van der Waals surface area contributed by atoms with Gasteiger partial charge < -0.3 is 4.74 Å². The van der Waals surface area contributed by atoms with Crippen molar-refractivity contribution in [2.75, 3.05) is 6.61 Å². The summed E-state index contributed by atoms with van der Waals surface area (Å²) in [5.74, 6) is 0.691. The maximum atomic E-state index is 10.9. The Morgan fingerprint density at radius 3 is 2.33 bits per heavy atom. The van der Waals surface area contributed by atoms with E-state index in [4.69, 9.17) is 4.74 Å². The Balaban J connectivity index is 1.57. The van der Waals surface area contributed by atoms with Gasteiger partial charge in [-0.3, -0.25) is 4.79 Å². The Bertz CT molecular complexity index is 534. The smallest absolute Gasteiger partial charge is 0.153 e. The van der Waals surface area contributed by atoms with Crippen molar-refractivity contribution in [1.82, 2.24) is 0 Å². The lowest BCUT2D eigenvalue weighted by Crippen LogP contribution is -2.00. The molecule has 0 radical (unpaired) electrons. The molecule has 0 aliphatic rings. The number of carbonyl (C=O) groups is 1. The minimum absolute atomic E-state index is 0.626. The van der Waals surface area contributed by atoms with Crippen molar-refractivity contribution >= 4 is 6.29 Å². The van der Waals surface area contributed by atoms with Gasteiger partial charge in [0.2, 0.25) is 0 Å². The number of unbranched alkanes of at least 4 members (excludes halogenated alkanes) is 3. The molecule has 0 saturated carbocycles. The summed E-state index contributed by atoms with van der Waals surface area (Å²) in [6.45, 7) is 0.677. The van der Waals surface area contributed by atoms with E-state index in [1.807, 2.05) is 18.2 Å². The summed E-state index contributed by atoms with van der Waals surface area (Å²) in [5.41, 5.74) is 2.04. The van der Waals surface area contributed by atoms with Crippen LogP contribution >= 0.6 is 0 Å². The van der Waals surface area contributed by atoms with Crippen LogP contribution in [-0.4, -0.2) is 12.9 Å². The molecule has 110 valence electrons. The monoisotopic (exact) mass is 282 g/mol. The molecule has 0 bridgehead atoms. The Hall–Kier alpha value is -2.09. The predicted molar refractivity (Wildman–Crippen MR) is 85.9 cm³/mol. The number of hydrogen-bond donors (Lipinski definition) is 0. The van der Waals surface area contributed by atoms with Crippen LogP contribution in [0, 0.1) is 0 Å². The molecule has 2 rings (SSSR count). The summed E-state index contributed by atoms with van der Waals surface area (Å²) < 4.78 is 5.66. The van der Waals surface area contributed by atoms with Gasteiger partial charge in [-0.1, -0.05) is 55.3 Å². The van der Waals surface area contributed by atoms with Crippen molar-refractivity contribution in [1.29, 1.82) is 0 Å². The lowest BCUT2D eigenvalue weighted by atomic mass is 10.1. The van der Waals surface area contributed by atoms with E-state index in [0.717, 1.165) is 25.5 Å². The highest BCUT2D eigenvalue weighted by Crippen LogP contribution is 2.16. The second kappa shape index (κ2) is 8.96. The van der Waals surface area contributed by atoms with Crippen LogP contribution in [0.25, 0.3) is 0 Å². The molecule has 2 heteroatoms. The van der Waals surface area contributed by atoms with Crippen LogP contribution < -0.4 is 4.74 Å². The molecule has 0 heterocycles. The Morgan fingerprint density at radius 1 is 0.810 bits per heavy atom. The first-order valence-corrected chi connectivity index (χ1v) is 7.61. The van der Waals surface area contributed by atoms with E-state index < -0.39 is 0 Å². The molecular formula is C19H22O2. The van der Waals surface area contributed by atoms with Crippen molar-refractivity contribution in [3.63, 3.8) is 0 Å². The van der Waals surface area contributed by atoms with Crippen molar-refractivity contribution in [2.24, 2.45) is 0 Å². The summed E-state index contributed by atoms with van der Waals surface area (Å²) in [4.78, 5) is 10.9. The first kappa shape index (κ1) is 15.3. The van der Waals surface area contributed by atoms with Gasteiger partial charge in [-0.05, 0) is 37.0 Å². The molecule has 0 fully saturated rings. The fourth-order valence-electron chi connectivity index (χ4n) is 2.32. The van der Waals surface area contributed by atoms with Gasteiger partial charge in [-0.15, -0.1) is 0 Å². The molecule has 2 nitrogen and oxygen atoms in total. The average molecular weight is 282 g/mol. The normalized spacial score (nSPS) is 10.3. The van der Waals surface area contributed by atoms with Gasteiger partial charge in [0.15, 0.2) is 6.29 Å². The second-order valence-electron chi connectivity index (χ2n) is 5.15. The van der Waals surface area contributed by atoms with E-state index in [9.17, 15) is 4.79 Å². The van der Waals surface area contributed by atoms with Crippen LogP contribution in [-0.2, 0) is 6.42 Å². The molecule has 0 amide bonds. The summed E-state index contributed by atoms with van der Waals surface area (Å²) >= 11 is 0. The molecule has 0 unspecified atom stereocenters. The summed E-state index contributed by atoms with van der Waals surface area (Å²) in [7, 11) is 0. The lowest BCUT2D eigenvalue weighted by Gasteiger charge is -2.08. The Labute approximate surface area is 126 Å². The SMILES string of the molecule is O=Cc1ccccc1OCCCCCCc1ccccc1. The minimum Gasteiger partial charge on any atom is -0.493 e. The number of hydrogen-bond acceptors (Lipinski definition) is 2. The van der Waals surface area contributed by atoms with E-state index in [1.54, 1.807) is 6.07 Å². The fraction of sp³-hybridized carbons (Fsp3) is 0.316. The second-order valence-corrected chi connectivity index (χ2v) is 5.15. The van der Waals surface area contributed by atoms with E-state index in [0.29, 0.717) is 17.9 Å². The number of aldehydes is 1. The molecule has 0 aliphatic carbocycles. The quantitative estimate of drug-likeness (QED) is 0.493. The van der Waals surface area contributed by atoms with Gasteiger partial charge in [0, 0.05) is 0 Å². The minimum atomic E-state index is 0.626. The highest BCUT2D eigenvalue weighted by Gasteiger charge is 2.00. The number of benzene rings is 2. The van der Waals surface area contributed by atoms with E-state index in [1.165, 1.54) is 18.4 Å². The van der Waals surface area contributed by atoms with E-state index >= 15 is 0 Å². The van der Waals surface area contributed by atoms with Crippen LogP contribution in [0.4, 0.5) is 0 Å². The summed E-state index contributed by atoms with van der Waals surface area (Å²) in [5, 5.41) is 0. The van der Waals surface area contributed by atoms with Gasteiger partial charge >= 0.3 is 0 Å². The number of rotatable bonds is 9. The van der Waals surface area contributed by atoms with E-state index in [-0.39, 0.29) is 0 Å². The third kappa shape index (κ3) is 5.42. The van der Waals surface area contributed by atoms with Gasteiger partial charge in [0.25, 0.3) is 0 Å². The summed E-state index contributed by atoms with van der Waals surface area (Å²) in [6, 6.07) is 18.0. The largest absolute Gasteiger partial charge is 0.493 e. The summed E-state index contributed by atoms with van der Waals surface area (Å²) in [6.07, 6.45) is 6.62. The van der Waals surface area contributed by atoms with Crippen molar-refractivity contribution in [2.45, 2.75) is 32.1 Å². The number of aryl methyl sites for hydroxylation is 1. The maximum absolute atomic E-state index is 10.9. The molecule has 21 heavy (non-hydrogen) atoms. The van der Waals surface area contributed by atoms with Gasteiger partial charge in [0.05, 0.1) is 12.2 Å². The zero-order valence-corrected chi connectivity index (χ0v) is 12.3. The topological polar surface area (TPSA) is 26.3 Å². The number of para-hydroxylation sites is 1. The van der Waals surface area contributed by atoms with Crippen LogP contribution in [0.15, 0.2) is 54.6 Å². The van der Waals surface area contributed by atoms with Gasteiger partial charge in [-0.25, -0.2) is 0 Å². The third-order valence-electron chi connectivity index (χ3n) is 3.51. The molecule has 2 aromatic carbocycles. The third-order valence-corrected chi connectivity index (χ3v) is 3.51. The van der Waals surface area contributed by atoms with Crippen molar-refractivity contribution in [3.05, 3.63) is 65.7 Å². The maximum Gasteiger partial charge on any atom is 0.153 e. The first-order chi connectivity index (χ1) is 10.4. The lowest BCUT2D eigenvalue weighted by molar-refractivity contribution is 0.111. The van der Waals surface area contributed by atoms with Gasteiger partial charge in [0.1, 0.15) is 5.75 Å². The molecular weight excluding hydrogens is 260 g/mol. The molecule has 0 aromatic heterocycles. The van der Waals surface area contributed by atoms with Crippen LogP contribution in [0.3, 0.4) is 0 Å². The fourth-order valence-corrected chi connectivity index (χ4v) is 2.32. The van der Waals surface area contributed by atoms with Crippen molar-refractivity contribution in [3.8, 4) is 5.75 Å². The van der Waals surface area contributed by atoms with Crippen LogP contribution in [0.5, 0.6) is 5.75 Å². The number of ether oxygens (including phenoxy) is 1. The molecule has 0 N–H and O–H groups in total. The predicted octanol–water partition coefficient (Wildman–Crippen LogP) is 4.68. The van der Waals surface area contributed by atoms with E-state index in [2.05, 4.69) is 30.3 Å². The highest BCUT2D eigenvalue weighted by molar-refractivity contribution is 5.79. The molecule has 0 spiro atoms. The molecule has 2 aromatic rings. The van der Waals surface area contributed by atoms with Crippen LogP contribution in [0.2, 0.25) is 0 Å². The van der Waals surface area contributed by atoms with Gasteiger partial charge in [-0.2, -0.15) is 0 Å². The zero-order valence-electron chi connectivity index (χ0n) is 12.3. The average Bonchev–Trinajstić information content (AvgIpc) is 2.55. The molecule has 0 saturated heterocycles. The standard InChI is InChI=1S/C19H22O2/c20-16-18-13-7-8-14-19(18)21-15-9-2-1-4-10-17-11-5-3-6-12-17/h3,5-8,11-14,16H,1-2,4,9-10,15H2. The van der Waals surface area contributed by atoms with Crippen LogP contribution in [0.1, 0.15) is 41.6 Å². The number of carbonyl (C=O) groups excluding carboxylic acids is 1. The highest BCUT2D eigenvalue weighted by atomic mass is 16.5.